The molecule has 3 aliphatic rings. The number of fused-ring (bicyclic) bond motifs is 1. The van der Waals surface area contributed by atoms with Crippen molar-refractivity contribution in [3.05, 3.63) is 23.8 Å². The number of hydrogen-bond acceptors (Lipinski definition) is 4. The van der Waals surface area contributed by atoms with E-state index in [4.69, 9.17) is 4.74 Å². The van der Waals surface area contributed by atoms with Crippen molar-refractivity contribution in [3.63, 3.8) is 0 Å². The molecule has 3 aliphatic heterocycles. The average molecular weight is 308 g/mol. The minimum Gasteiger partial charge on any atom is -0.493 e. The summed E-state index contributed by atoms with van der Waals surface area (Å²) in [5.74, 6) is 0.826. The first-order valence-corrected chi connectivity index (χ1v) is 9.08. The van der Waals surface area contributed by atoms with Crippen LogP contribution in [0.2, 0.25) is 0 Å². The van der Waals surface area contributed by atoms with Crippen molar-refractivity contribution in [1.29, 1.82) is 0 Å². The lowest BCUT2D eigenvalue weighted by Crippen LogP contribution is -2.60. The van der Waals surface area contributed by atoms with Crippen molar-refractivity contribution < 1.29 is 13.2 Å². The molecule has 4 rings (SSSR count). The van der Waals surface area contributed by atoms with Gasteiger partial charge < -0.3 is 4.74 Å². The molecule has 114 valence electrons. The lowest BCUT2D eigenvalue weighted by molar-refractivity contribution is 0.110. The molecule has 0 aliphatic carbocycles. The number of benzene rings is 1. The van der Waals surface area contributed by atoms with Crippen molar-refractivity contribution >= 4 is 10.0 Å². The highest BCUT2D eigenvalue weighted by molar-refractivity contribution is 7.89. The normalized spacial score (nSPS) is 23.8. The Balaban J connectivity index is 1.49. The third-order valence-electron chi connectivity index (χ3n) is 4.78. The van der Waals surface area contributed by atoms with E-state index in [1.165, 1.54) is 12.8 Å². The Labute approximate surface area is 125 Å². The molecule has 2 fully saturated rings. The first-order chi connectivity index (χ1) is 10.1. The minimum absolute atomic E-state index is 0.409. The summed E-state index contributed by atoms with van der Waals surface area (Å²) < 4.78 is 32.3. The van der Waals surface area contributed by atoms with Gasteiger partial charge in [0.1, 0.15) is 5.75 Å². The highest BCUT2D eigenvalue weighted by Gasteiger charge is 2.40. The van der Waals surface area contributed by atoms with Gasteiger partial charge in [-0.05, 0) is 49.7 Å². The Morgan fingerprint density at radius 3 is 2.67 bits per heavy atom. The summed E-state index contributed by atoms with van der Waals surface area (Å²) in [6.45, 7) is 4.16. The number of nitrogens with zero attached hydrogens (tertiary/aromatic N) is 2. The molecule has 2 saturated heterocycles. The first-order valence-electron chi connectivity index (χ1n) is 7.64. The Morgan fingerprint density at radius 2 is 1.90 bits per heavy atom. The van der Waals surface area contributed by atoms with Gasteiger partial charge in [-0.3, -0.25) is 4.90 Å². The van der Waals surface area contributed by atoms with Crippen molar-refractivity contribution in [1.82, 2.24) is 9.21 Å². The van der Waals surface area contributed by atoms with Crippen LogP contribution in [-0.4, -0.2) is 56.5 Å². The molecule has 3 heterocycles. The molecule has 0 bridgehead atoms. The van der Waals surface area contributed by atoms with E-state index in [1.54, 1.807) is 22.5 Å². The second-order valence-electron chi connectivity index (χ2n) is 6.09. The van der Waals surface area contributed by atoms with Crippen LogP contribution in [-0.2, 0) is 16.4 Å². The van der Waals surface area contributed by atoms with E-state index in [1.807, 2.05) is 0 Å². The quantitative estimate of drug-likeness (QED) is 0.839. The van der Waals surface area contributed by atoms with Gasteiger partial charge in [-0.2, -0.15) is 4.31 Å². The molecule has 5 nitrogen and oxygen atoms in total. The van der Waals surface area contributed by atoms with Gasteiger partial charge in [0.15, 0.2) is 0 Å². The van der Waals surface area contributed by atoms with Gasteiger partial charge >= 0.3 is 0 Å². The molecule has 1 aromatic rings. The predicted octanol–water partition coefficient (Wildman–Crippen LogP) is 1.09. The molecular weight excluding hydrogens is 288 g/mol. The highest BCUT2D eigenvalue weighted by atomic mass is 32.2. The van der Waals surface area contributed by atoms with E-state index < -0.39 is 10.0 Å². The summed E-state index contributed by atoms with van der Waals surface area (Å²) in [6, 6.07) is 5.65. The Bertz CT molecular complexity index is 647. The largest absolute Gasteiger partial charge is 0.493 e. The molecule has 0 aromatic heterocycles. The molecule has 0 spiro atoms. The fourth-order valence-corrected chi connectivity index (χ4v) is 4.99. The van der Waals surface area contributed by atoms with Crippen LogP contribution < -0.4 is 4.74 Å². The average Bonchev–Trinajstić information content (AvgIpc) is 3.06. The second-order valence-corrected chi connectivity index (χ2v) is 8.02. The van der Waals surface area contributed by atoms with Crippen LogP contribution in [0.1, 0.15) is 18.4 Å². The molecule has 0 saturated carbocycles. The zero-order chi connectivity index (χ0) is 14.4. The standard InChI is InChI=1S/C15H20N2O3S/c18-21(19,14-3-4-15-12(9-14)5-8-20-15)17-10-13(11-17)16-6-1-2-7-16/h3-4,9,13H,1-2,5-8,10-11H2. The van der Waals surface area contributed by atoms with E-state index in [9.17, 15) is 8.42 Å². The van der Waals surface area contributed by atoms with E-state index in [2.05, 4.69) is 4.90 Å². The summed E-state index contributed by atoms with van der Waals surface area (Å²) in [5.41, 5.74) is 1.01. The van der Waals surface area contributed by atoms with Crippen molar-refractivity contribution in [2.24, 2.45) is 0 Å². The van der Waals surface area contributed by atoms with Gasteiger partial charge in [0, 0.05) is 25.6 Å². The van der Waals surface area contributed by atoms with Crippen LogP contribution in [0.25, 0.3) is 0 Å². The number of sulfonamides is 1. The summed E-state index contributed by atoms with van der Waals surface area (Å²) in [4.78, 5) is 2.83. The molecule has 0 N–H and O–H groups in total. The SMILES string of the molecule is O=S(=O)(c1ccc2c(c1)CCO2)N1CC(N2CCCC2)C1. The van der Waals surface area contributed by atoms with Gasteiger partial charge in [0.2, 0.25) is 10.0 Å². The maximum Gasteiger partial charge on any atom is 0.243 e. The lowest BCUT2D eigenvalue weighted by atomic mass is 10.1. The zero-order valence-corrected chi connectivity index (χ0v) is 12.8. The van der Waals surface area contributed by atoms with Gasteiger partial charge in [0.25, 0.3) is 0 Å². The maximum absolute atomic E-state index is 12.6. The molecular formula is C15H20N2O3S. The Kier molecular flexibility index (Phi) is 3.20. The second kappa shape index (κ2) is 4.97. The number of rotatable bonds is 3. The van der Waals surface area contributed by atoms with Crippen LogP contribution in [0.15, 0.2) is 23.1 Å². The van der Waals surface area contributed by atoms with Crippen LogP contribution >= 0.6 is 0 Å². The molecule has 0 amide bonds. The molecule has 0 unspecified atom stereocenters. The van der Waals surface area contributed by atoms with E-state index in [0.717, 1.165) is 30.8 Å². The summed E-state index contributed by atoms with van der Waals surface area (Å²) in [5, 5.41) is 0. The zero-order valence-electron chi connectivity index (χ0n) is 12.0. The Morgan fingerprint density at radius 1 is 1.14 bits per heavy atom. The number of likely N-dealkylation sites (tertiary alicyclic amines) is 1. The number of ether oxygens (including phenoxy) is 1. The van der Waals surface area contributed by atoms with E-state index in [0.29, 0.717) is 30.6 Å². The first kappa shape index (κ1) is 13.5. The topological polar surface area (TPSA) is 49.9 Å². The molecule has 0 radical (unpaired) electrons. The minimum atomic E-state index is -3.34. The number of hydrogen-bond donors (Lipinski definition) is 0. The molecule has 1 aromatic carbocycles. The van der Waals surface area contributed by atoms with Gasteiger partial charge in [-0.25, -0.2) is 8.42 Å². The van der Waals surface area contributed by atoms with Crippen LogP contribution in [0.5, 0.6) is 5.75 Å². The van der Waals surface area contributed by atoms with Crippen LogP contribution in [0.4, 0.5) is 0 Å². The highest BCUT2D eigenvalue weighted by Crippen LogP contribution is 2.31. The third-order valence-corrected chi connectivity index (χ3v) is 6.61. The van der Waals surface area contributed by atoms with E-state index in [-0.39, 0.29) is 0 Å². The van der Waals surface area contributed by atoms with Gasteiger partial charge in [-0.15, -0.1) is 0 Å². The van der Waals surface area contributed by atoms with Crippen molar-refractivity contribution in [2.45, 2.75) is 30.2 Å². The van der Waals surface area contributed by atoms with Crippen LogP contribution in [0, 0.1) is 0 Å². The molecule has 6 heteroatoms. The smallest absolute Gasteiger partial charge is 0.243 e. The fourth-order valence-electron chi connectivity index (χ4n) is 3.42. The van der Waals surface area contributed by atoms with Crippen molar-refractivity contribution in [2.75, 3.05) is 32.8 Å². The monoisotopic (exact) mass is 308 g/mol. The summed E-state index contributed by atoms with van der Waals surface area (Å²) in [7, 11) is -3.34. The van der Waals surface area contributed by atoms with Gasteiger partial charge in [0.05, 0.1) is 11.5 Å². The van der Waals surface area contributed by atoms with Gasteiger partial charge in [-0.1, -0.05) is 0 Å². The van der Waals surface area contributed by atoms with E-state index >= 15 is 0 Å². The fraction of sp³-hybridized carbons (Fsp3) is 0.600. The predicted molar refractivity (Wildman–Crippen MR) is 79.0 cm³/mol. The van der Waals surface area contributed by atoms with Crippen molar-refractivity contribution in [3.8, 4) is 5.75 Å². The summed E-state index contributed by atoms with van der Waals surface area (Å²) in [6.07, 6.45) is 3.29. The molecule has 21 heavy (non-hydrogen) atoms. The lowest BCUT2D eigenvalue weighted by Gasteiger charge is -2.42. The maximum atomic E-state index is 12.6. The Hall–Kier alpha value is -1.11. The molecule has 0 atom stereocenters. The third kappa shape index (κ3) is 2.25. The summed E-state index contributed by atoms with van der Waals surface area (Å²) >= 11 is 0. The van der Waals surface area contributed by atoms with Crippen LogP contribution in [0.3, 0.4) is 0 Å².